The molecule has 6 heteroatoms. The van der Waals surface area contributed by atoms with E-state index in [0.29, 0.717) is 23.9 Å². The molecule has 0 saturated heterocycles. The molecule has 1 aliphatic carbocycles. The highest BCUT2D eigenvalue weighted by Gasteiger charge is 2.30. The standard InChI is InChI=1S/C19H24N2O2S2/c1-4-21(5-2)19(23)16-13-11-12(3)8-9-14(13)25-18(16)20-17(22)15-7-6-10-24-15/h6-7,10,12H,4-5,8-9,11H2,1-3H3,(H,20,22)/t12-/m1/s1. The van der Waals surface area contributed by atoms with Crippen molar-refractivity contribution in [2.75, 3.05) is 18.4 Å². The molecule has 0 spiro atoms. The fourth-order valence-corrected chi connectivity index (χ4v) is 5.16. The maximum absolute atomic E-state index is 13.1. The van der Waals surface area contributed by atoms with Crippen LogP contribution in [0.2, 0.25) is 0 Å². The third-order valence-electron chi connectivity index (χ3n) is 4.74. The van der Waals surface area contributed by atoms with E-state index in [1.54, 1.807) is 11.3 Å². The van der Waals surface area contributed by atoms with Crippen molar-refractivity contribution in [1.29, 1.82) is 0 Å². The molecule has 0 aromatic carbocycles. The largest absolute Gasteiger partial charge is 0.339 e. The van der Waals surface area contributed by atoms with Crippen LogP contribution in [0.1, 0.15) is 57.7 Å². The van der Waals surface area contributed by atoms with Crippen molar-refractivity contribution in [2.45, 2.75) is 40.0 Å². The average Bonchev–Trinajstić information content (AvgIpc) is 3.23. The molecule has 0 unspecified atom stereocenters. The molecule has 0 fully saturated rings. The predicted octanol–water partition coefficient (Wildman–Crippen LogP) is 4.67. The van der Waals surface area contributed by atoms with E-state index < -0.39 is 0 Å². The molecule has 134 valence electrons. The molecule has 3 rings (SSSR count). The van der Waals surface area contributed by atoms with Gasteiger partial charge in [-0.25, -0.2) is 0 Å². The van der Waals surface area contributed by atoms with Gasteiger partial charge in [0.1, 0.15) is 5.00 Å². The maximum Gasteiger partial charge on any atom is 0.266 e. The van der Waals surface area contributed by atoms with E-state index in [2.05, 4.69) is 12.2 Å². The highest BCUT2D eigenvalue weighted by atomic mass is 32.1. The number of thiophene rings is 2. The van der Waals surface area contributed by atoms with Gasteiger partial charge >= 0.3 is 0 Å². The lowest BCUT2D eigenvalue weighted by atomic mass is 9.87. The van der Waals surface area contributed by atoms with Crippen LogP contribution >= 0.6 is 22.7 Å². The summed E-state index contributed by atoms with van der Waals surface area (Å²) >= 11 is 2.99. The molecule has 0 radical (unpaired) electrons. The number of nitrogens with one attached hydrogen (secondary N) is 1. The molecule has 0 aliphatic heterocycles. The Hall–Kier alpha value is -1.66. The first-order chi connectivity index (χ1) is 12.0. The smallest absolute Gasteiger partial charge is 0.266 e. The number of nitrogens with zero attached hydrogens (tertiary/aromatic N) is 1. The van der Waals surface area contributed by atoms with Crippen molar-refractivity contribution >= 4 is 39.5 Å². The summed E-state index contributed by atoms with van der Waals surface area (Å²) < 4.78 is 0. The highest BCUT2D eigenvalue weighted by Crippen LogP contribution is 2.40. The number of fused-ring (bicyclic) bond motifs is 1. The van der Waals surface area contributed by atoms with Crippen LogP contribution in [-0.2, 0) is 12.8 Å². The Morgan fingerprint density at radius 1 is 1.32 bits per heavy atom. The molecule has 2 amide bonds. The summed E-state index contributed by atoms with van der Waals surface area (Å²) in [6.45, 7) is 7.57. The lowest BCUT2D eigenvalue weighted by Crippen LogP contribution is -2.32. The summed E-state index contributed by atoms with van der Waals surface area (Å²) in [5.74, 6) is 0.486. The molecular weight excluding hydrogens is 352 g/mol. The van der Waals surface area contributed by atoms with Crippen LogP contribution in [-0.4, -0.2) is 29.8 Å². The minimum Gasteiger partial charge on any atom is -0.339 e. The number of amides is 2. The van der Waals surface area contributed by atoms with Crippen molar-refractivity contribution in [3.05, 3.63) is 38.4 Å². The zero-order chi connectivity index (χ0) is 18.0. The van der Waals surface area contributed by atoms with E-state index in [1.807, 2.05) is 36.3 Å². The minimum atomic E-state index is -0.129. The van der Waals surface area contributed by atoms with Crippen LogP contribution in [0.3, 0.4) is 0 Å². The average molecular weight is 377 g/mol. The normalized spacial score (nSPS) is 16.4. The quantitative estimate of drug-likeness (QED) is 0.824. The van der Waals surface area contributed by atoms with Gasteiger partial charge in [0.15, 0.2) is 0 Å². The summed E-state index contributed by atoms with van der Waals surface area (Å²) in [4.78, 5) is 29.4. The van der Waals surface area contributed by atoms with Gasteiger partial charge in [-0.2, -0.15) is 0 Å². The number of anilines is 1. The van der Waals surface area contributed by atoms with E-state index in [9.17, 15) is 9.59 Å². The Balaban J connectivity index is 1.99. The number of carbonyl (C=O) groups excluding carboxylic acids is 2. The van der Waals surface area contributed by atoms with Gasteiger partial charge < -0.3 is 10.2 Å². The van der Waals surface area contributed by atoms with Crippen molar-refractivity contribution in [1.82, 2.24) is 4.90 Å². The molecule has 1 N–H and O–H groups in total. The summed E-state index contributed by atoms with van der Waals surface area (Å²) in [6.07, 6.45) is 3.06. The van der Waals surface area contributed by atoms with E-state index >= 15 is 0 Å². The van der Waals surface area contributed by atoms with Gasteiger partial charge in [-0.3, -0.25) is 9.59 Å². The van der Waals surface area contributed by atoms with Crippen molar-refractivity contribution in [3.8, 4) is 0 Å². The molecule has 1 aliphatic rings. The zero-order valence-corrected chi connectivity index (χ0v) is 16.6. The third-order valence-corrected chi connectivity index (χ3v) is 6.82. The molecule has 4 nitrogen and oxygen atoms in total. The Labute approximate surface area is 156 Å². The number of aryl methyl sites for hydroxylation is 1. The van der Waals surface area contributed by atoms with E-state index in [-0.39, 0.29) is 11.8 Å². The number of rotatable bonds is 5. The summed E-state index contributed by atoms with van der Waals surface area (Å²) in [5.41, 5.74) is 1.88. The third kappa shape index (κ3) is 3.65. The Bertz CT molecular complexity index is 761. The van der Waals surface area contributed by atoms with Gasteiger partial charge in [-0.1, -0.05) is 13.0 Å². The molecule has 2 aromatic rings. The Morgan fingerprint density at radius 3 is 2.72 bits per heavy atom. The van der Waals surface area contributed by atoms with Crippen LogP contribution in [0.5, 0.6) is 0 Å². The Kier molecular flexibility index (Phi) is 5.59. The first kappa shape index (κ1) is 18.1. The maximum atomic E-state index is 13.1. The van der Waals surface area contributed by atoms with Crippen molar-refractivity contribution in [3.63, 3.8) is 0 Å². The molecule has 2 heterocycles. The molecular formula is C19H24N2O2S2. The van der Waals surface area contributed by atoms with Gasteiger partial charge in [0.05, 0.1) is 10.4 Å². The van der Waals surface area contributed by atoms with Gasteiger partial charge in [-0.15, -0.1) is 22.7 Å². The van der Waals surface area contributed by atoms with Crippen LogP contribution in [0, 0.1) is 5.92 Å². The van der Waals surface area contributed by atoms with Crippen LogP contribution in [0.15, 0.2) is 17.5 Å². The van der Waals surface area contributed by atoms with Gasteiger partial charge in [-0.05, 0) is 56.0 Å². The van der Waals surface area contributed by atoms with Crippen LogP contribution in [0.4, 0.5) is 5.00 Å². The number of carbonyl (C=O) groups is 2. The fraction of sp³-hybridized carbons (Fsp3) is 0.474. The van der Waals surface area contributed by atoms with E-state index in [0.717, 1.165) is 35.4 Å². The monoisotopic (exact) mass is 376 g/mol. The zero-order valence-electron chi connectivity index (χ0n) is 14.9. The predicted molar refractivity (Wildman–Crippen MR) is 105 cm³/mol. The summed E-state index contributed by atoms with van der Waals surface area (Å²) in [6, 6.07) is 3.67. The van der Waals surface area contributed by atoms with Gasteiger partial charge in [0, 0.05) is 18.0 Å². The fourth-order valence-electron chi connectivity index (χ4n) is 3.31. The molecule has 0 bridgehead atoms. The summed E-state index contributed by atoms with van der Waals surface area (Å²) in [5, 5.41) is 5.62. The highest BCUT2D eigenvalue weighted by molar-refractivity contribution is 7.17. The Morgan fingerprint density at radius 2 is 2.08 bits per heavy atom. The van der Waals surface area contributed by atoms with Crippen molar-refractivity contribution < 1.29 is 9.59 Å². The molecule has 0 saturated carbocycles. The van der Waals surface area contributed by atoms with Crippen molar-refractivity contribution in [2.24, 2.45) is 5.92 Å². The second kappa shape index (κ2) is 7.70. The van der Waals surface area contributed by atoms with E-state index in [1.165, 1.54) is 16.2 Å². The van der Waals surface area contributed by atoms with Gasteiger partial charge in [0.2, 0.25) is 0 Å². The SMILES string of the molecule is CCN(CC)C(=O)c1c(NC(=O)c2cccs2)sc2c1C[C@H](C)CC2. The topological polar surface area (TPSA) is 49.4 Å². The molecule has 2 aromatic heterocycles. The van der Waals surface area contributed by atoms with Crippen LogP contribution in [0.25, 0.3) is 0 Å². The lowest BCUT2D eigenvalue weighted by molar-refractivity contribution is 0.0773. The second-order valence-electron chi connectivity index (χ2n) is 6.46. The van der Waals surface area contributed by atoms with E-state index in [4.69, 9.17) is 0 Å². The first-order valence-corrected chi connectivity index (χ1v) is 10.5. The molecule has 25 heavy (non-hydrogen) atoms. The van der Waals surface area contributed by atoms with Crippen LogP contribution < -0.4 is 5.32 Å². The summed E-state index contributed by atoms with van der Waals surface area (Å²) in [7, 11) is 0. The molecule has 1 atom stereocenters. The lowest BCUT2D eigenvalue weighted by Gasteiger charge is -2.23. The second-order valence-corrected chi connectivity index (χ2v) is 8.52. The van der Waals surface area contributed by atoms with Gasteiger partial charge in [0.25, 0.3) is 11.8 Å². The number of hydrogen-bond donors (Lipinski definition) is 1. The number of hydrogen-bond acceptors (Lipinski definition) is 4. The first-order valence-electron chi connectivity index (χ1n) is 8.83. The minimum absolute atomic E-state index is 0.0399.